The number of rotatable bonds is 3. The topological polar surface area (TPSA) is 85.3 Å². The second-order valence-corrected chi connectivity index (χ2v) is 7.04. The number of benzene rings is 1. The second-order valence-electron chi connectivity index (χ2n) is 7.04. The molecule has 1 unspecified atom stereocenters. The van der Waals surface area contributed by atoms with Crippen molar-refractivity contribution in [3.05, 3.63) is 23.3 Å². The smallest absolute Gasteiger partial charge is 0.410 e. The zero-order valence-corrected chi connectivity index (χ0v) is 15.3. The van der Waals surface area contributed by atoms with E-state index in [0.29, 0.717) is 19.5 Å². The molecular weight excluding hydrogens is 326 g/mol. The van der Waals surface area contributed by atoms with Crippen LogP contribution in [0.2, 0.25) is 0 Å². The Labute approximate surface area is 147 Å². The number of hydrogen-bond acceptors (Lipinski definition) is 6. The summed E-state index contributed by atoms with van der Waals surface area (Å²) in [5, 5.41) is 10.1. The number of amides is 1. The van der Waals surface area contributed by atoms with Crippen molar-refractivity contribution >= 4 is 12.1 Å². The summed E-state index contributed by atoms with van der Waals surface area (Å²) in [5.41, 5.74) is 1.25. The second kappa shape index (κ2) is 7.21. The molecule has 1 aromatic carbocycles. The van der Waals surface area contributed by atoms with E-state index in [2.05, 4.69) is 0 Å². The van der Waals surface area contributed by atoms with E-state index >= 15 is 0 Å². The molecule has 0 bridgehead atoms. The van der Waals surface area contributed by atoms with Gasteiger partial charge in [-0.3, -0.25) is 4.79 Å². The number of fused-ring (bicyclic) bond motifs is 1. The Kier molecular flexibility index (Phi) is 5.45. The molecule has 0 aliphatic carbocycles. The highest BCUT2D eigenvalue weighted by atomic mass is 16.7. The highest BCUT2D eigenvalue weighted by molar-refractivity contribution is 5.69. The first kappa shape index (κ1) is 18.9. The number of esters is 1. The van der Waals surface area contributed by atoms with Crippen LogP contribution in [0.5, 0.6) is 11.5 Å². The highest BCUT2D eigenvalue weighted by Gasteiger charge is 2.27. The van der Waals surface area contributed by atoms with Gasteiger partial charge in [0.05, 0.1) is 0 Å². The predicted octanol–water partition coefficient (Wildman–Crippen LogP) is 2.97. The molecule has 1 heterocycles. The number of nitrogens with zero attached hydrogens (tertiary/aromatic N) is 1. The molecule has 0 fully saturated rings. The Hall–Kier alpha value is -2.44. The Morgan fingerprint density at radius 1 is 1.24 bits per heavy atom. The van der Waals surface area contributed by atoms with Gasteiger partial charge in [-0.15, -0.1) is 0 Å². The van der Waals surface area contributed by atoms with Crippen LogP contribution in [0, 0.1) is 0 Å². The monoisotopic (exact) mass is 351 g/mol. The minimum absolute atomic E-state index is 0.0246. The molecule has 0 radical (unpaired) electrons. The van der Waals surface area contributed by atoms with Crippen molar-refractivity contribution in [2.24, 2.45) is 0 Å². The molecule has 1 aliphatic heterocycles. The molecule has 1 N–H and O–H groups in total. The molecule has 1 atom stereocenters. The summed E-state index contributed by atoms with van der Waals surface area (Å²) >= 11 is 0. The average molecular weight is 351 g/mol. The molecule has 2 rings (SSSR count). The van der Waals surface area contributed by atoms with Gasteiger partial charge < -0.3 is 24.2 Å². The molecule has 0 saturated carbocycles. The minimum Gasteiger partial charge on any atom is -0.504 e. The lowest BCUT2D eigenvalue weighted by molar-refractivity contribution is -0.158. The van der Waals surface area contributed by atoms with Crippen LogP contribution >= 0.6 is 0 Å². The molecule has 7 heteroatoms. The van der Waals surface area contributed by atoms with Crippen molar-refractivity contribution in [3.63, 3.8) is 0 Å². The van der Waals surface area contributed by atoms with E-state index < -0.39 is 17.9 Å². The molecule has 1 amide bonds. The van der Waals surface area contributed by atoms with Gasteiger partial charge in [-0.25, -0.2) is 4.79 Å². The summed E-state index contributed by atoms with van der Waals surface area (Å²) in [4.78, 5) is 24.8. The Bertz CT molecular complexity index is 664. The third-order valence-electron chi connectivity index (χ3n) is 3.57. The summed E-state index contributed by atoms with van der Waals surface area (Å²) in [6.45, 7) is 9.20. The van der Waals surface area contributed by atoms with Crippen molar-refractivity contribution in [1.29, 1.82) is 0 Å². The van der Waals surface area contributed by atoms with E-state index in [4.69, 9.17) is 14.2 Å². The fraction of sp³-hybridized carbons (Fsp3) is 0.556. The lowest BCUT2D eigenvalue weighted by Gasteiger charge is -2.31. The quantitative estimate of drug-likeness (QED) is 0.666. The molecule has 25 heavy (non-hydrogen) atoms. The van der Waals surface area contributed by atoms with Crippen LogP contribution in [-0.4, -0.2) is 40.5 Å². The molecule has 0 spiro atoms. The van der Waals surface area contributed by atoms with Gasteiger partial charge >= 0.3 is 12.1 Å². The number of phenolic OH excluding ortho intramolecular Hbond substituents is 1. The first-order valence-electron chi connectivity index (χ1n) is 8.21. The Morgan fingerprint density at radius 2 is 1.92 bits per heavy atom. The molecular formula is C18H25NO6. The van der Waals surface area contributed by atoms with Crippen LogP contribution in [0.25, 0.3) is 0 Å². The first-order valence-corrected chi connectivity index (χ1v) is 8.21. The predicted molar refractivity (Wildman–Crippen MR) is 90.3 cm³/mol. The summed E-state index contributed by atoms with van der Waals surface area (Å²) in [6.07, 6.45) is -0.587. The summed E-state index contributed by atoms with van der Waals surface area (Å²) in [6, 6.07) is 3.29. The van der Waals surface area contributed by atoms with E-state index in [-0.39, 0.29) is 17.6 Å². The maximum atomic E-state index is 12.2. The molecule has 1 aromatic rings. The zero-order chi connectivity index (χ0) is 18.8. The van der Waals surface area contributed by atoms with Crippen molar-refractivity contribution in [2.45, 2.75) is 59.5 Å². The van der Waals surface area contributed by atoms with Crippen molar-refractivity contribution in [1.82, 2.24) is 4.90 Å². The van der Waals surface area contributed by atoms with E-state index in [9.17, 15) is 14.7 Å². The van der Waals surface area contributed by atoms with Crippen LogP contribution in [0.1, 0.15) is 45.7 Å². The first-order chi connectivity index (χ1) is 11.5. The summed E-state index contributed by atoms with van der Waals surface area (Å²) in [5.74, 6) is -0.289. The molecule has 0 aromatic heterocycles. The van der Waals surface area contributed by atoms with Gasteiger partial charge in [-0.1, -0.05) is 0 Å². The molecule has 138 valence electrons. The van der Waals surface area contributed by atoms with Gasteiger partial charge in [0.15, 0.2) is 11.5 Å². The third kappa shape index (κ3) is 5.27. The van der Waals surface area contributed by atoms with Gasteiger partial charge in [0.25, 0.3) is 0 Å². The number of phenols is 1. The van der Waals surface area contributed by atoms with Gasteiger partial charge in [-0.2, -0.15) is 0 Å². The fourth-order valence-electron chi connectivity index (χ4n) is 2.59. The Balaban J connectivity index is 2.14. The summed E-state index contributed by atoms with van der Waals surface area (Å²) < 4.78 is 15.8. The largest absolute Gasteiger partial charge is 0.504 e. The normalized spacial score (nSPS) is 15.2. The van der Waals surface area contributed by atoms with Crippen molar-refractivity contribution in [2.75, 3.05) is 6.54 Å². The van der Waals surface area contributed by atoms with Crippen LogP contribution < -0.4 is 4.74 Å². The van der Waals surface area contributed by atoms with E-state index in [1.807, 2.05) is 20.8 Å². The molecule has 7 nitrogen and oxygen atoms in total. The number of ether oxygens (including phenoxy) is 3. The lowest BCUT2D eigenvalue weighted by atomic mass is 9.99. The van der Waals surface area contributed by atoms with E-state index in [1.54, 1.807) is 24.0 Å². The van der Waals surface area contributed by atoms with E-state index in [0.717, 1.165) is 11.1 Å². The number of carbonyl (C=O) groups excluding carboxylic acids is 2. The number of aromatic hydroxyl groups is 1. The molecule has 0 saturated heterocycles. The number of hydrogen-bond donors (Lipinski definition) is 1. The van der Waals surface area contributed by atoms with Crippen molar-refractivity contribution in [3.8, 4) is 11.5 Å². The Morgan fingerprint density at radius 3 is 2.52 bits per heavy atom. The van der Waals surface area contributed by atoms with Crippen LogP contribution in [0.15, 0.2) is 12.1 Å². The third-order valence-corrected chi connectivity index (χ3v) is 3.57. The summed E-state index contributed by atoms with van der Waals surface area (Å²) in [7, 11) is 0. The zero-order valence-electron chi connectivity index (χ0n) is 15.3. The lowest BCUT2D eigenvalue weighted by Crippen LogP contribution is -2.39. The van der Waals surface area contributed by atoms with Gasteiger partial charge in [0, 0.05) is 26.9 Å². The standard InChI is InChI=1S/C18H25NO6/c1-11(20)23-12(2)24-16-9-14-10-19(17(22)25-18(3,4)5)7-6-13(14)8-15(16)21/h8-9,12,21H,6-7,10H2,1-5H3. The van der Waals surface area contributed by atoms with E-state index in [1.165, 1.54) is 6.92 Å². The fourth-order valence-corrected chi connectivity index (χ4v) is 2.59. The SMILES string of the molecule is CC(=O)OC(C)Oc1cc2c(cc1O)CCN(C(=O)OC(C)(C)C)C2. The number of carbonyl (C=O) groups is 2. The average Bonchev–Trinajstić information content (AvgIpc) is 2.44. The van der Waals surface area contributed by atoms with Gasteiger partial charge in [0.1, 0.15) is 5.60 Å². The maximum Gasteiger partial charge on any atom is 0.410 e. The molecule has 1 aliphatic rings. The minimum atomic E-state index is -0.827. The van der Waals surface area contributed by atoms with Crippen molar-refractivity contribution < 1.29 is 28.9 Å². The van der Waals surface area contributed by atoms with Crippen LogP contribution in [0.3, 0.4) is 0 Å². The van der Waals surface area contributed by atoms with Gasteiger partial charge in [0.2, 0.25) is 6.29 Å². The highest BCUT2D eigenvalue weighted by Crippen LogP contribution is 2.33. The van der Waals surface area contributed by atoms with Gasteiger partial charge in [-0.05, 0) is 50.5 Å². The van der Waals surface area contributed by atoms with Crippen LogP contribution in [0.4, 0.5) is 4.79 Å². The van der Waals surface area contributed by atoms with Crippen LogP contribution in [-0.2, 0) is 27.2 Å². The maximum absolute atomic E-state index is 12.2.